The van der Waals surface area contributed by atoms with Crippen LogP contribution in [0.25, 0.3) is 10.9 Å². The second kappa shape index (κ2) is 7.07. The molecule has 2 aromatic rings. The number of para-hydroxylation sites is 1. The Morgan fingerprint density at radius 2 is 2.00 bits per heavy atom. The van der Waals surface area contributed by atoms with E-state index in [1.165, 1.54) is 0 Å². The summed E-state index contributed by atoms with van der Waals surface area (Å²) in [4.78, 5) is 28.8. The molecule has 0 spiro atoms. The van der Waals surface area contributed by atoms with Gasteiger partial charge in [0.15, 0.2) is 0 Å². The smallest absolute Gasteiger partial charge is 0.253 e. The van der Waals surface area contributed by atoms with Crippen molar-refractivity contribution in [2.45, 2.75) is 39.7 Å². The third-order valence-electron chi connectivity index (χ3n) is 3.63. The lowest BCUT2D eigenvalue weighted by atomic mass is 10.1. The van der Waals surface area contributed by atoms with Gasteiger partial charge in [-0.05, 0) is 23.9 Å². The van der Waals surface area contributed by atoms with E-state index < -0.39 is 0 Å². The van der Waals surface area contributed by atoms with Gasteiger partial charge < -0.3 is 9.88 Å². The number of nitrogens with zero attached hydrogens (tertiary/aromatic N) is 1. The van der Waals surface area contributed by atoms with E-state index in [0.29, 0.717) is 25.1 Å². The lowest BCUT2D eigenvalue weighted by molar-refractivity contribution is -0.131. The standard InChI is InChI=1S/C17H22N2O2/c1-3-5-10-19(16(20)4-2)12-14-11-13-8-6-7-9-15(13)18-17(14)21/h6-9,11H,3-5,10,12H2,1-2H3,(H,18,21). The number of pyridine rings is 1. The van der Waals surface area contributed by atoms with Gasteiger partial charge >= 0.3 is 0 Å². The molecule has 1 aromatic carbocycles. The third kappa shape index (κ3) is 3.72. The van der Waals surface area contributed by atoms with Crippen molar-refractivity contribution in [3.63, 3.8) is 0 Å². The molecule has 1 aromatic heterocycles. The zero-order chi connectivity index (χ0) is 15.2. The fraction of sp³-hybridized carbons (Fsp3) is 0.412. The molecular weight excluding hydrogens is 264 g/mol. The van der Waals surface area contributed by atoms with E-state index in [1.54, 1.807) is 4.90 Å². The number of fused-ring (bicyclic) bond motifs is 1. The summed E-state index contributed by atoms with van der Waals surface area (Å²) in [6.07, 6.45) is 2.45. The van der Waals surface area contributed by atoms with Gasteiger partial charge in [0, 0.05) is 24.0 Å². The SMILES string of the molecule is CCCCN(Cc1cc2ccccc2[nH]c1=O)C(=O)CC. The molecular formula is C17H22N2O2. The third-order valence-corrected chi connectivity index (χ3v) is 3.63. The number of hydrogen-bond donors (Lipinski definition) is 1. The average molecular weight is 286 g/mol. The zero-order valence-corrected chi connectivity index (χ0v) is 12.7. The lowest BCUT2D eigenvalue weighted by Crippen LogP contribution is -2.33. The molecule has 112 valence electrons. The molecule has 0 fully saturated rings. The molecule has 0 aliphatic rings. The van der Waals surface area contributed by atoms with E-state index in [1.807, 2.05) is 37.3 Å². The van der Waals surface area contributed by atoms with Crippen molar-refractivity contribution in [1.29, 1.82) is 0 Å². The number of unbranched alkanes of at least 4 members (excludes halogenated alkanes) is 1. The Kier molecular flexibility index (Phi) is 5.14. The van der Waals surface area contributed by atoms with Crippen LogP contribution in [0.3, 0.4) is 0 Å². The van der Waals surface area contributed by atoms with Gasteiger partial charge in [-0.3, -0.25) is 9.59 Å². The van der Waals surface area contributed by atoms with Crippen LogP contribution in [0, 0.1) is 0 Å². The Labute approximate surface area is 124 Å². The molecule has 1 amide bonds. The van der Waals surface area contributed by atoms with Crippen molar-refractivity contribution in [2.24, 2.45) is 0 Å². The van der Waals surface area contributed by atoms with E-state index in [4.69, 9.17) is 0 Å². The largest absolute Gasteiger partial charge is 0.338 e. The van der Waals surface area contributed by atoms with Gasteiger partial charge in [-0.25, -0.2) is 0 Å². The van der Waals surface area contributed by atoms with Crippen LogP contribution in [0.1, 0.15) is 38.7 Å². The van der Waals surface area contributed by atoms with Crippen LogP contribution < -0.4 is 5.56 Å². The number of hydrogen-bond acceptors (Lipinski definition) is 2. The molecule has 0 radical (unpaired) electrons. The first kappa shape index (κ1) is 15.3. The van der Waals surface area contributed by atoms with E-state index in [-0.39, 0.29) is 11.5 Å². The molecule has 0 aliphatic heterocycles. The van der Waals surface area contributed by atoms with Crippen LogP contribution in [0.15, 0.2) is 35.1 Å². The van der Waals surface area contributed by atoms with Gasteiger partial charge in [-0.2, -0.15) is 0 Å². The first-order valence-electron chi connectivity index (χ1n) is 7.54. The summed E-state index contributed by atoms with van der Waals surface area (Å²) in [5.41, 5.74) is 1.36. The molecule has 0 bridgehead atoms. The van der Waals surface area contributed by atoms with Crippen molar-refractivity contribution in [3.05, 3.63) is 46.2 Å². The average Bonchev–Trinajstić information content (AvgIpc) is 2.51. The van der Waals surface area contributed by atoms with Gasteiger partial charge in [0.05, 0.1) is 6.54 Å². The minimum Gasteiger partial charge on any atom is -0.338 e. The van der Waals surface area contributed by atoms with Gasteiger partial charge in [0.1, 0.15) is 0 Å². The molecule has 2 rings (SSSR count). The van der Waals surface area contributed by atoms with Gasteiger partial charge in [0.25, 0.3) is 5.56 Å². The summed E-state index contributed by atoms with van der Waals surface area (Å²) < 4.78 is 0. The van der Waals surface area contributed by atoms with Crippen LogP contribution in [-0.2, 0) is 11.3 Å². The first-order chi connectivity index (χ1) is 10.2. The first-order valence-corrected chi connectivity index (χ1v) is 7.54. The molecule has 21 heavy (non-hydrogen) atoms. The molecule has 0 unspecified atom stereocenters. The second-order valence-electron chi connectivity index (χ2n) is 5.23. The number of rotatable bonds is 6. The number of aromatic amines is 1. The predicted molar refractivity (Wildman–Crippen MR) is 85.2 cm³/mol. The minimum atomic E-state index is -0.112. The van der Waals surface area contributed by atoms with Crippen molar-refractivity contribution < 1.29 is 4.79 Å². The maximum atomic E-state index is 12.2. The second-order valence-corrected chi connectivity index (χ2v) is 5.23. The minimum absolute atomic E-state index is 0.0935. The number of carbonyl (C=O) groups is 1. The maximum absolute atomic E-state index is 12.2. The molecule has 1 heterocycles. The molecule has 0 saturated heterocycles. The van der Waals surface area contributed by atoms with E-state index in [0.717, 1.165) is 23.7 Å². The summed E-state index contributed by atoms with van der Waals surface area (Å²) in [6, 6.07) is 9.57. The van der Waals surface area contributed by atoms with E-state index in [9.17, 15) is 9.59 Å². The highest BCUT2D eigenvalue weighted by Gasteiger charge is 2.13. The number of benzene rings is 1. The summed E-state index contributed by atoms with van der Waals surface area (Å²) in [5, 5.41) is 0.992. The normalized spacial score (nSPS) is 10.8. The predicted octanol–water partition coefficient (Wildman–Crippen LogP) is 3.07. The van der Waals surface area contributed by atoms with Crippen molar-refractivity contribution in [1.82, 2.24) is 9.88 Å². The van der Waals surface area contributed by atoms with Crippen LogP contribution in [0.4, 0.5) is 0 Å². The van der Waals surface area contributed by atoms with Crippen molar-refractivity contribution in [2.75, 3.05) is 6.54 Å². The Morgan fingerprint density at radius 1 is 1.24 bits per heavy atom. The summed E-state index contributed by atoms with van der Waals surface area (Å²) in [6.45, 7) is 5.03. The van der Waals surface area contributed by atoms with E-state index in [2.05, 4.69) is 11.9 Å². The molecule has 0 aliphatic carbocycles. The highest BCUT2D eigenvalue weighted by molar-refractivity contribution is 5.79. The number of aromatic nitrogens is 1. The monoisotopic (exact) mass is 286 g/mol. The van der Waals surface area contributed by atoms with Crippen LogP contribution in [0.2, 0.25) is 0 Å². The molecule has 1 N–H and O–H groups in total. The maximum Gasteiger partial charge on any atom is 0.253 e. The quantitative estimate of drug-likeness (QED) is 0.887. The molecule has 4 heteroatoms. The summed E-state index contributed by atoms with van der Waals surface area (Å²) in [5.74, 6) is 0.0935. The fourth-order valence-corrected chi connectivity index (χ4v) is 2.38. The lowest BCUT2D eigenvalue weighted by Gasteiger charge is -2.22. The Balaban J connectivity index is 2.29. The van der Waals surface area contributed by atoms with Crippen LogP contribution >= 0.6 is 0 Å². The zero-order valence-electron chi connectivity index (χ0n) is 12.7. The van der Waals surface area contributed by atoms with Gasteiger partial charge in [-0.1, -0.05) is 38.5 Å². The highest BCUT2D eigenvalue weighted by atomic mass is 16.2. The summed E-state index contributed by atoms with van der Waals surface area (Å²) in [7, 11) is 0. The van der Waals surface area contributed by atoms with Crippen LogP contribution in [-0.4, -0.2) is 22.3 Å². The Morgan fingerprint density at radius 3 is 2.71 bits per heavy atom. The van der Waals surface area contributed by atoms with E-state index >= 15 is 0 Å². The van der Waals surface area contributed by atoms with Crippen molar-refractivity contribution >= 4 is 16.8 Å². The summed E-state index contributed by atoms with van der Waals surface area (Å²) >= 11 is 0. The van der Waals surface area contributed by atoms with Gasteiger partial charge in [0.2, 0.25) is 5.91 Å². The fourth-order valence-electron chi connectivity index (χ4n) is 2.38. The molecule has 4 nitrogen and oxygen atoms in total. The molecule has 0 saturated carbocycles. The highest BCUT2D eigenvalue weighted by Crippen LogP contribution is 2.12. The van der Waals surface area contributed by atoms with Crippen LogP contribution in [0.5, 0.6) is 0 Å². The molecule has 0 atom stereocenters. The Hall–Kier alpha value is -2.10. The van der Waals surface area contributed by atoms with Gasteiger partial charge in [-0.15, -0.1) is 0 Å². The number of H-pyrrole nitrogens is 1. The number of nitrogens with one attached hydrogen (secondary N) is 1. The van der Waals surface area contributed by atoms with Crippen molar-refractivity contribution in [3.8, 4) is 0 Å². The number of carbonyl (C=O) groups excluding carboxylic acids is 1. The topological polar surface area (TPSA) is 53.2 Å². The Bertz CT molecular complexity index is 676. The number of amides is 1.